The zero-order valence-electron chi connectivity index (χ0n) is 17.4. The summed E-state index contributed by atoms with van der Waals surface area (Å²) in [5.74, 6) is 1.65. The molecule has 33 heavy (non-hydrogen) atoms. The summed E-state index contributed by atoms with van der Waals surface area (Å²) in [4.78, 5) is 14.8. The Hall–Kier alpha value is -2.85. The molecule has 0 aliphatic carbocycles. The fraction of sp³-hybridized carbons (Fsp3) is 0.227. The van der Waals surface area contributed by atoms with Crippen molar-refractivity contribution in [3.63, 3.8) is 0 Å². The van der Waals surface area contributed by atoms with Gasteiger partial charge in [-0.25, -0.2) is 14.5 Å². The lowest BCUT2D eigenvalue weighted by Gasteiger charge is -2.28. The molecule has 8 nitrogen and oxygen atoms in total. The quantitative estimate of drug-likeness (QED) is 0.350. The summed E-state index contributed by atoms with van der Waals surface area (Å²) in [6, 6.07) is 7.68. The van der Waals surface area contributed by atoms with E-state index in [2.05, 4.69) is 42.0 Å². The topological polar surface area (TPSA) is 83.4 Å². The van der Waals surface area contributed by atoms with Crippen LogP contribution >= 0.6 is 34.5 Å². The SMILES string of the molecule is Clc1cc2nc(CNc3cc(N4CCOCC4)nn4c(-c5ccsc5)cnc34)[nH]c2cc1Cl. The van der Waals surface area contributed by atoms with Gasteiger partial charge in [-0.3, -0.25) is 0 Å². The summed E-state index contributed by atoms with van der Waals surface area (Å²) in [5, 5.41) is 13.6. The molecule has 1 aliphatic rings. The number of aromatic nitrogens is 5. The maximum Gasteiger partial charge on any atom is 0.177 e. The van der Waals surface area contributed by atoms with Crippen molar-refractivity contribution in [1.29, 1.82) is 0 Å². The van der Waals surface area contributed by atoms with Gasteiger partial charge in [0.25, 0.3) is 0 Å². The first-order valence-electron chi connectivity index (χ1n) is 10.5. The largest absolute Gasteiger partial charge is 0.378 e. The van der Waals surface area contributed by atoms with Crippen molar-refractivity contribution in [2.75, 3.05) is 36.5 Å². The van der Waals surface area contributed by atoms with Crippen molar-refractivity contribution in [2.45, 2.75) is 6.54 Å². The van der Waals surface area contributed by atoms with Gasteiger partial charge in [0.15, 0.2) is 11.5 Å². The van der Waals surface area contributed by atoms with Crippen LogP contribution in [0.25, 0.3) is 27.9 Å². The highest BCUT2D eigenvalue weighted by atomic mass is 35.5. The van der Waals surface area contributed by atoms with Crippen LogP contribution in [-0.2, 0) is 11.3 Å². The van der Waals surface area contributed by atoms with Crippen molar-refractivity contribution in [2.24, 2.45) is 0 Å². The molecule has 2 N–H and O–H groups in total. The van der Waals surface area contributed by atoms with E-state index in [1.807, 2.05) is 16.8 Å². The maximum atomic E-state index is 6.14. The zero-order chi connectivity index (χ0) is 22.4. The van der Waals surface area contributed by atoms with Crippen LogP contribution in [0.2, 0.25) is 10.0 Å². The molecular weight excluding hydrogens is 481 g/mol. The van der Waals surface area contributed by atoms with E-state index in [1.54, 1.807) is 23.5 Å². The Balaban J connectivity index is 1.38. The third-order valence-electron chi connectivity index (χ3n) is 5.63. The van der Waals surface area contributed by atoms with Gasteiger partial charge in [0.2, 0.25) is 0 Å². The predicted octanol–water partition coefficient (Wildman–Crippen LogP) is 5.09. The molecule has 1 saturated heterocycles. The standard InChI is InChI=1S/C22H19Cl2N7OS/c23-14-7-16-17(8-15(14)24)28-20(27-16)11-25-18-9-21(30-2-4-32-5-3-30)29-31-19(10-26-22(18)31)13-1-6-33-12-13/h1,6-10,12,25H,2-5,11H2,(H,27,28). The number of hydrogen-bond donors (Lipinski definition) is 2. The van der Waals surface area contributed by atoms with Crippen LogP contribution in [0.15, 0.2) is 41.2 Å². The van der Waals surface area contributed by atoms with Crippen LogP contribution < -0.4 is 10.2 Å². The van der Waals surface area contributed by atoms with Crippen molar-refractivity contribution < 1.29 is 4.74 Å². The van der Waals surface area contributed by atoms with Crippen LogP contribution in [-0.4, -0.2) is 50.9 Å². The summed E-state index contributed by atoms with van der Waals surface area (Å²) in [6.45, 7) is 3.45. The summed E-state index contributed by atoms with van der Waals surface area (Å²) in [5.41, 5.74) is 5.31. The van der Waals surface area contributed by atoms with E-state index in [9.17, 15) is 0 Å². The molecule has 0 atom stereocenters. The molecule has 1 fully saturated rings. The minimum absolute atomic E-state index is 0.479. The van der Waals surface area contributed by atoms with E-state index >= 15 is 0 Å². The average Bonchev–Trinajstić information content (AvgIpc) is 3.58. The summed E-state index contributed by atoms with van der Waals surface area (Å²) < 4.78 is 7.43. The molecule has 5 heterocycles. The smallest absolute Gasteiger partial charge is 0.177 e. The molecule has 5 aromatic rings. The number of ether oxygens (including phenoxy) is 1. The summed E-state index contributed by atoms with van der Waals surface area (Å²) >= 11 is 13.9. The highest BCUT2D eigenvalue weighted by Gasteiger charge is 2.19. The summed E-state index contributed by atoms with van der Waals surface area (Å²) in [7, 11) is 0. The molecule has 4 aromatic heterocycles. The predicted molar refractivity (Wildman–Crippen MR) is 133 cm³/mol. The van der Waals surface area contributed by atoms with E-state index in [0.29, 0.717) is 29.8 Å². The third kappa shape index (κ3) is 3.91. The van der Waals surface area contributed by atoms with Crippen molar-refractivity contribution >= 4 is 62.7 Å². The van der Waals surface area contributed by atoms with Gasteiger partial charge in [-0.15, -0.1) is 5.10 Å². The Bertz CT molecular complexity index is 1400. The first-order chi connectivity index (χ1) is 16.2. The number of anilines is 2. The van der Waals surface area contributed by atoms with Crippen LogP contribution in [0, 0.1) is 0 Å². The van der Waals surface area contributed by atoms with E-state index in [4.69, 9.17) is 33.0 Å². The first-order valence-corrected chi connectivity index (χ1v) is 12.2. The van der Waals surface area contributed by atoms with Gasteiger partial charge < -0.3 is 19.9 Å². The second kappa shape index (κ2) is 8.49. The first kappa shape index (κ1) is 20.7. The molecule has 0 spiro atoms. The van der Waals surface area contributed by atoms with Gasteiger partial charge in [0.1, 0.15) is 5.82 Å². The number of thiophene rings is 1. The van der Waals surface area contributed by atoms with Gasteiger partial charge in [-0.1, -0.05) is 23.2 Å². The van der Waals surface area contributed by atoms with Gasteiger partial charge in [-0.05, 0) is 23.6 Å². The minimum Gasteiger partial charge on any atom is -0.378 e. The highest BCUT2D eigenvalue weighted by Crippen LogP contribution is 2.30. The number of fused-ring (bicyclic) bond motifs is 2. The van der Waals surface area contributed by atoms with E-state index < -0.39 is 0 Å². The molecule has 0 saturated carbocycles. The fourth-order valence-electron chi connectivity index (χ4n) is 3.96. The number of rotatable bonds is 5. The molecule has 0 bridgehead atoms. The van der Waals surface area contributed by atoms with Gasteiger partial charge in [-0.2, -0.15) is 11.3 Å². The number of hydrogen-bond acceptors (Lipinski definition) is 7. The van der Waals surface area contributed by atoms with Gasteiger partial charge in [0.05, 0.1) is 58.4 Å². The molecular formula is C22H19Cl2N7OS. The van der Waals surface area contributed by atoms with Crippen molar-refractivity contribution in [3.05, 3.63) is 57.1 Å². The van der Waals surface area contributed by atoms with E-state index in [1.165, 1.54) is 0 Å². The Morgan fingerprint density at radius 2 is 2.00 bits per heavy atom. The highest BCUT2D eigenvalue weighted by molar-refractivity contribution is 7.08. The normalized spacial score (nSPS) is 14.4. The minimum atomic E-state index is 0.479. The van der Waals surface area contributed by atoms with Crippen molar-refractivity contribution in [1.82, 2.24) is 24.6 Å². The molecule has 1 aromatic carbocycles. The van der Waals surface area contributed by atoms with E-state index in [-0.39, 0.29) is 0 Å². The molecule has 11 heteroatoms. The fourth-order valence-corrected chi connectivity index (χ4v) is 4.93. The lowest BCUT2D eigenvalue weighted by Crippen LogP contribution is -2.37. The molecule has 0 unspecified atom stereocenters. The molecule has 0 amide bonds. The van der Waals surface area contributed by atoms with Crippen LogP contribution in [0.4, 0.5) is 11.5 Å². The number of morpholine rings is 1. The Labute approximate surface area is 203 Å². The number of nitrogens with one attached hydrogen (secondary N) is 2. The second-order valence-electron chi connectivity index (χ2n) is 7.73. The van der Waals surface area contributed by atoms with E-state index in [0.717, 1.165) is 58.4 Å². The van der Waals surface area contributed by atoms with Crippen LogP contribution in [0.3, 0.4) is 0 Å². The number of nitrogens with zero attached hydrogens (tertiary/aromatic N) is 5. The monoisotopic (exact) mass is 499 g/mol. The lowest BCUT2D eigenvalue weighted by atomic mass is 10.3. The van der Waals surface area contributed by atoms with Gasteiger partial charge in [0, 0.05) is 30.1 Å². The second-order valence-corrected chi connectivity index (χ2v) is 9.32. The number of aromatic amines is 1. The average molecular weight is 500 g/mol. The zero-order valence-corrected chi connectivity index (χ0v) is 19.7. The number of imidazole rings is 2. The Morgan fingerprint density at radius 1 is 1.15 bits per heavy atom. The lowest BCUT2D eigenvalue weighted by molar-refractivity contribution is 0.122. The Morgan fingerprint density at radius 3 is 2.82 bits per heavy atom. The molecule has 6 rings (SSSR count). The number of benzene rings is 1. The third-order valence-corrected chi connectivity index (χ3v) is 7.03. The maximum absolute atomic E-state index is 6.14. The van der Waals surface area contributed by atoms with Crippen molar-refractivity contribution in [3.8, 4) is 11.3 Å². The number of halogens is 2. The molecule has 0 radical (unpaired) electrons. The molecule has 168 valence electrons. The summed E-state index contributed by atoms with van der Waals surface area (Å²) in [6.07, 6.45) is 1.86. The molecule has 1 aliphatic heterocycles. The van der Waals surface area contributed by atoms with Gasteiger partial charge >= 0.3 is 0 Å². The van der Waals surface area contributed by atoms with Crippen LogP contribution in [0.5, 0.6) is 0 Å². The number of H-pyrrole nitrogens is 1. The Kier molecular flexibility index (Phi) is 5.34. The van der Waals surface area contributed by atoms with Crippen LogP contribution in [0.1, 0.15) is 5.82 Å².